The fraction of sp³-hybridized carbons (Fsp3) is 0.189. The van der Waals surface area contributed by atoms with Crippen LogP contribution in [0, 0.1) is 5.41 Å². The maximum atomic E-state index is 13.7. The van der Waals surface area contributed by atoms with E-state index in [4.69, 9.17) is 9.15 Å². The van der Waals surface area contributed by atoms with Crippen molar-refractivity contribution in [3.05, 3.63) is 131 Å². The number of furan rings is 1. The molecule has 4 aromatic carbocycles. The Bertz CT molecular complexity index is 1670. The fourth-order valence-electron chi connectivity index (χ4n) is 4.75. The van der Waals surface area contributed by atoms with Gasteiger partial charge >= 0.3 is 5.97 Å². The molecule has 5 rings (SSSR count). The highest BCUT2D eigenvalue weighted by atomic mass is 16.5. The molecule has 0 saturated carbocycles. The van der Waals surface area contributed by atoms with Crippen molar-refractivity contribution < 1.29 is 18.7 Å². The van der Waals surface area contributed by atoms with E-state index in [1.807, 2.05) is 91.0 Å². The summed E-state index contributed by atoms with van der Waals surface area (Å²) in [7, 11) is 1.36. The smallest absolute Gasteiger partial charge is 0.337 e. The highest BCUT2D eigenvalue weighted by Crippen LogP contribution is 2.30. The molecule has 0 aliphatic carbocycles. The van der Waals surface area contributed by atoms with Crippen LogP contribution < -0.4 is 5.32 Å². The van der Waals surface area contributed by atoms with Crippen LogP contribution in [0.5, 0.6) is 0 Å². The van der Waals surface area contributed by atoms with E-state index in [0.717, 1.165) is 39.0 Å². The van der Waals surface area contributed by atoms with Crippen molar-refractivity contribution in [1.29, 1.82) is 0 Å². The summed E-state index contributed by atoms with van der Waals surface area (Å²) in [5.41, 5.74) is 5.97. The first kappa shape index (κ1) is 28.6. The Balaban J connectivity index is 1.37. The summed E-state index contributed by atoms with van der Waals surface area (Å²) in [4.78, 5) is 25.6. The number of rotatable bonds is 8. The Morgan fingerprint density at radius 2 is 1.57 bits per heavy atom. The molecule has 1 heterocycles. The molecule has 42 heavy (non-hydrogen) atoms. The van der Waals surface area contributed by atoms with E-state index in [-0.39, 0.29) is 17.3 Å². The normalized spacial score (nSPS) is 12.4. The number of fused-ring (bicyclic) bond motifs is 1. The van der Waals surface area contributed by atoms with Crippen LogP contribution in [0.15, 0.2) is 114 Å². The van der Waals surface area contributed by atoms with Crippen LogP contribution in [-0.4, -0.2) is 19.0 Å². The Hall–Kier alpha value is -4.90. The lowest BCUT2D eigenvalue weighted by Crippen LogP contribution is -2.23. The van der Waals surface area contributed by atoms with Crippen LogP contribution in [0.3, 0.4) is 0 Å². The summed E-state index contributed by atoms with van der Waals surface area (Å²) < 4.78 is 10.8. The molecule has 0 radical (unpaired) electrons. The molecule has 0 bridgehead atoms. The molecule has 1 atom stereocenters. The average Bonchev–Trinajstić information content (AvgIpc) is 3.43. The quantitative estimate of drug-likeness (QED) is 0.193. The number of hydrogen-bond donors (Lipinski definition) is 1. The molecule has 0 fully saturated rings. The number of benzene rings is 4. The Morgan fingerprint density at radius 1 is 0.881 bits per heavy atom. The highest BCUT2D eigenvalue weighted by molar-refractivity contribution is 5.96. The number of ether oxygens (including phenoxy) is 1. The van der Waals surface area contributed by atoms with Gasteiger partial charge < -0.3 is 14.5 Å². The number of methoxy groups -OCH3 is 1. The molecule has 1 aromatic heterocycles. The standard InChI is InChI=1S/C37H35NO4/c1-37(2,3)22-21-25-9-13-27(14-10-25)32(23-26-11-15-29(16-12-26)36(40)41-4)35(39)38-31-19-17-28(18-20-31)34-24-30-7-5-6-8-33(30)42-34/h5-22,24,32H,23H2,1-4H3,(H,38,39)/b22-21+/t32-/m0/s1. The van der Waals surface area contributed by atoms with Crippen LogP contribution in [0.4, 0.5) is 5.69 Å². The lowest BCUT2D eigenvalue weighted by molar-refractivity contribution is -0.117. The topological polar surface area (TPSA) is 68.5 Å². The minimum Gasteiger partial charge on any atom is -0.465 e. The van der Waals surface area contributed by atoms with E-state index in [1.54, 1.807) is 12.1 Å². The summed E-state index contributed by atoms with van der Waals surface area (Å²) in [5.74, 6) is -0.157. The van der Waals surface area contributed by atoms with Crippen molar-refractivity contribution in [2.24, 2.45) is 5.41 Å². The van der Waals surface area contributed by atoms with Gasteiger partial charge in [-0.15, -0.1) is 0 Å². The molecule has 0 unspecified atom stereocenters. The van der Waals surface area contributed by atoms with E-state index < -0.39 is 5.92 Å². The van der Waals surface area contributed by atoms with Gasteiger partial charge in [0.15, 0.2) is 0 Å². The number of esters is 1. The number of carbonyl (C=O) groups excluding carboxylic acids is 2. The molecule has 5 nitrogen and oxygen atoms in total. The summed E-state index contributed by atoms with van der Waals surface area (Å²) in [5, 5.41) is 4.16. The van der Waals surface area contributed by atoms with Gasteiger partial charge in [-0.25, -0.2) is 4.79 Å². The zero-order valence-electron chi connectivity index (χ0n) is 24.4. The highest BCUT2D eigenvalue weighted by Gasteiger charge is 2.22. The summed E-state index contributed by atoms with van der Waals surface area (Å²) in [6.07, 6.45) is 4.75. The maximum Gasteiger partial charge on any atom is 0.337 e. The second kappa shape index (κ2) is 12.3. The second-order valence-corrected chi connectivity index (χ2v) is 11.5. The Morgan fingerprint density at radius 3 is 2.21 bits per heavy atom. The van der Waals surface area contributed by atoms with Crippen LogP contribution in [0.1, 0.15) is 53.7 Å². The van der Waals surface area contributed by atoms with Crippen LogP contribution >= 0.6 is 0 Å². The summed E-state index contributed by atoms with van der Waals surface area (Å²) in [6, 6.07) is 32.9. The van der Waals surface area contributed by atoms with Crippen molar-refractivity contribution >= 4 is 34.6 Å². The lowest BCUT2D eigenvalue weighted by Gasteiger charge is -2.18. The summed E-state index contributed by atoms with van der Waals surface area (Å²) in [6.45, 7) is 6.48. The Kier molecular flexibility index (Phi) is 8.39. The van der Waals surface area contributed by atoms with Crippen molar-refractivity contribution in [2.45, 2.75) is 33.1 Å². The van der Waals surface area contributed by atoms with Gasteiger partial charge in [0.05, 0.1) is 18.6 Å². The zero-order valence-corrected chi connectivity index (χ0v) is 24.4. The fourth-order valence-corrected chi connectivity index (χ4v) is 4.75. The van der Waals surface area contributed by atoms with E-state index in [1.165, 1.54) is 7.11 Å². The van der Waals surface area contributed by atoms with Crippen molar-refractivity contribution in [3.8, 4) is 11.3 Å². The minimum atomic E-state index is -0.440. The molecule has 5 aromatic rings. The van der Waals surface area contributed by atoms with E-state index in [0.29, 0.717) is 17.7 Å². The second-order valence-electron chi connectivity index (χ2n) is 11.5. The van der Waals surface area contributed by atoms with Gasteiger partial charge in [0.25, 0.3) is 0 Å². The first-order valence-electron chi connectivity index (χ1n) is 14.0. The van der Waals surface area contributed by atoms with E-state index in [9.17, 15) is 9.59 Å². The van der Waals surface area contributed by atoms with Crippen LogP contribution in [-0.2, 0) is 16.0 Å². The number of carbonyl (C=O) groups is 2. The van der Waals surface area contributed by atoms with Gasteiger partial charge in [-0.05, 0) is 77.1 Å². The molecular formula is C37H35NO4. The number of hydrogen-bond acceptors (Lipinski definition) is 4. The van der Waals surface area contributed by atoms with Gasteiger partial charge in [-0.3, -0.25) is 4.79 Å². The molecule has 1 N–H and O–H groups in total. The summed E-state index contributed by atoms with van der Waals surface area (Å²) >= 11 is 0. The van der Waals surface area contributed by atoms with Gasteiger partial charge in [0.2, 0.25) is 5.91 Å². The number of amides is 1. The molecule has 0 aliphatic heterocycles. The maximum absolute atomic E-state index is 13.7. The van der Waals surface area contributed by atoms with Gasteiger partial charge in [-0.1, -0.05) is 87.5 Å². The zero-order chi connectivity index (χ0) is 29.7. The predicted molar refractivity (Wildman–Crippen MR) is 169 cm³/mol. The molecule has 5 heteroatoms. The molecule has 212 valence electrons. The molecule has 1 amide bonds. The Labute approximate surface area is 246 Å². The van der Waals surface area contributed by atoms with E-state index in [2.05, 4.69) is 38.2 Å². The number of nitrogens with one attached hydrogen (secondary N) is 1. The van der Waals surface area contributed by atoms with E-state index >= 15 is 0 Å². The predicted octanol–water partition coefficient (Wildman–Crippen LogP) is 8.91. The largest absolute Gasteiger partial charge is 0.465 e. The number of anilines is 1. The third-order valence-electron chi connectivity index (χ3n) is 7.11. The lowest BCUT2D eigenvalue weighted by atomic mass is 9.89. The minimum absolute atomic E-state index is 0.0808. The monoisotopic (exact) mass is 557 g/mol. The molecular weight excluding hydrogens is 522 g/mol. The molecule has 0 saturated heterocycles. The first-order chi connectivity index (χ1) is 20.2. The van der Waals surface area contributed by atoms with Gasteiger partial charge in [0, 0.05) is 16.6 Å². The van der Waals surface area contributed by atoms with Gasteiger partial charge in [-0.2, -0.15) is 0 Å². The number of para-hydroxylation sites is 1. The average molecular weight is 558 g/mol. The van der Waals surface area contributed by atoms with Crippen molar-refractivity contribution in [2.75, 3.05) is 12.4 Å². The molecule has 0 aliphatic rings. The SMILES string of the molecule is COC(=O)c1ccc(C[C@H](C(=O)Nc2ccc(-c3cc4ccccc4o3)cc2)c2ccc(/C=C/C(C)(C)C)cc2)cc1. The van der Waals surface area contributed by atoms with Crippen LogP contribution in [0.25, 0.3) is 28.4 Å². The number of allylic oxidation sites excluding steroid dienone is 1. The van der Waals surface area contributed by atoms with Gasteiger partial charge in [0.1, 0.15) is 11.3 Å². The third-order valence-corrected chi connectivity index (χ3v) is 7.11. The molecule has 0 spiro atoms. The first-order valence-corrected chi connectivity index (χ1v) is 14.0. The van der Waals surface area contributed by atoms with Crippen molar-refractivity contribution in [3.63, 3.8) is 0 Å². The third kappa shape index (κ3) is 7.05. The van der Waals surface area contributed by atoms with Crippen LogP contribution in [0.2, 0.25) is 0 Å². The van der Waals surface area contributed by atoms with Crippen molar-refractivity contribution in [1.82, 2.24) is 0 Å².